The summed E-state index contributed by atoms with van der Waals surface area (Å²) in [6.07, 6.45) is 2.73. The van der Waals surface area contributed by atoms with Crippen molar-refractivity contribution in [3.63, 3.8) is 0 Å². The number of alkyl halides is 1. The molecule has 0 aliphatic carbocycles. The van der Waals surface area contributed by atoms with E-state index < -0.39 is 40.9 Å². The molecule has 0 saturated carbocycles. The molecule has 3 aliphatic heterocycles. The number of methoxy groups -OCH3 is 1. The van der Waals surface area contributed by atoms with Gasteiger partial charge in [-0.2, -0.15) is 0 Å². The van der Waals surface area contributed by atoms with Crippen molar-refractivity contribution in [1.29, 1.82) is 0 Å². The van der Waals surface area contributed by atoms with Crippen molar-refractivity contribution < 1.29 is 23.8 Å². The van der Waals surface area contributed by atoms with Crippen LogP contribution in [0.25, 0.3) is 5.57 Å². The van der Waals surface area contributed by atoms with Crippen LogP contribution in [-0.4, -0.2) is 50.4 Å². The highest BCUT2D eigenvalue weighted by Crippen LogP contribution is 2.62. The van der Waals surface area contributed by atoms with E-state index in [2.05, 4.69) is 16.4 Å². The van der Waals surface area contributed by atoms with Crippen LogP contribution in [0, 0.1) is 11.8 Å². The first-order valence-corrected chi connectivity index (χ1v) is 14.6. The Hall–Kier alpha value is -3.56. The number of allylic oxidation sites excluding steroid dienone is 1. The van der Waals surface area contributed by atoms with Crippen LogP contribution >= 0.6 is 0 Å². The lowest BCUT2D eigenvalue weighted by molar-refractivity contribution is -0.146. The van der Waals surface area contributed by atoms with Gasteiger partial charge >= 0.3 is 0 Å². The Labute approximate surface area is 246 Å². The van der Waals surface area contributed by atoms with Crippen LogP contribution in [0.15, 0.2) is 54.7 Å². The lowest BCUT2D eigenvalue weighted by Crippen LogP contribution is -2.53. The van der Waals surface area contributed by atoms with E-state index in [0.29, 0.717) is 24.4 Å². The van der Waals surface area contributed by atoms with E-state index in [4.69, 9.17) is 9.47 Å². The molecule has 8 nitrogen and oxygen atoms in total. The Kier molecular flexibility index (Phi) is 6.62. The van der Waals surface area contributed by atoms with E-state index >= 15 is 4.39 Å². The molecule has 0 radical (unpaired) electrons. The molecule has 1 spiro atoms. The maximum atomic E-state index is 16.1. The summed E-state index contributed by atoms with van der Waals surface area (Å²) in [4.78, 5) is 16.4. The van der Waals surface area contributed by atoms with Crippen LogP contribution in [0.3, 0.4) is 0 Å². The van der Waals surface area contributed by atoms with E-state index in [1.165, 1.54) is 0 Å². The number of hydrogen-bond acceptors (Lipinski definition) is 6. The highest BCUT2D eigenvalue weighted by Gasteiger charge is 2.68. The molecule has 0 bridgehead atoms. The normalized spacial score (nSPS) is 26.9. The van der Waals surface area contributed by atoms with Gasteiger partial charge in [-0.15, -0.1) is 5.10 Å². The predicted molar refractivity (Wildman–Crippen MR) is 158 cm³/mol. The van der Waals surface area contributed by atoms with Gasteiger partial charge in [-0.25, -0.2) is 4.39 Å². The summed E-state index contributed by atoms with van der Waals surface area (Å²) in [5.74, 6) is -0.564. The zero-order chi connectivity index (χ0) is 30.2. The largest absolute Gasteiger partial charge is 0.497 e. The molecule has 1 fully saturated rings. The molecule has 9 heteroatoms. The molecule has 1 saturated heterocycles. The first-order chi connectivity index (χ1) is 19.8. The molecule has 6 rings (SSSR count). The molecule has 1 N–H and O–H groups in total. The van der Waals surface area contributed by atoms with Gasteiger partial charge in [-0.3, -0.25) is 14.4 Å². The molecule has 5 atom stereocenters. The van der Waals surface area contributed by atoms with Crippen LogP contribution in [0.4, 0.5) is 10.1 Å². The zero-order valence-corrected chi connectivity index (χ0v) is 25.3. The number of anilines is 1. The zero-order valence-electron chi connectivity index (χ0n) is 25.3. The summed E-state index contributed by atoms with van der Waals surface area (Å²) in [7, 11) is 1.61. The van der Waals surface area contributed by atoms with Crippen LogP contribution in [0.5, 0.6) is 5.75 Å². The van der Waals surface area contributed by atoms with Crippen molar-refractivity contribution in [2.24, 2.45) is 11.8 Å². The fourth-order valence-electron chi connectivity index (χ4n) is 7.59. The van der Waals surface area contributed by atoms with Crippen LogP contribution in [0.1, 0.15) is 76.5 Å². The number of aliphatic hydroxyl groups is 1. The van der Waals surface area contributed by atoms with Gasteiger partial charge in [-0.05, 0) is 64.3 Å². The number of hydrogen-bond donors (Lipinski definition) is 1. The van der Waals surface area contributed by atoms with Crippen molar-refractivity contribution in [1.82, 2.24) is 15.0 Å². The molecule has 1 amide bonds. The van der Waals surface area contributed by atoms with E-state index in [1.807, 2.05) is 75.1 Å². The van der Waals surface area contributed by atoms with Crippen LogP contribution in [-0.2, 0) is 21.7 Å². The minimum Gasteiger partial charge on any atom is -0.497 e. The fraction of sp³-hybridized carbons (Fsp3) is 0.485. The summed E-state index contributed by atoms with van der Waals surface area (Å²) < 4.78 is 30.3. The average Bonchev–Trinajstić information content (AvgIpc) is 3.60. The number of carbonyl (C=O) groups is 1. The van der Waals surface area contributed by atoms with E-state index in [9.17, 15) is 9.90 Å². The number of amides is 1. The third kappa shape index (κ3) is 4.20. The van der Waals surface area contributed by atoms with Crippen molar-refractivity contribution in [3.8, 4) is 5.75 Å². The van der Waals surface area contributed by atoms with Gasteiger partial charge in [-0.1, -0.05) is 48.5 Å². The second-order valence-electron chi connectivity index (χ2n) is 13.0. The number of aliphatic hydroxyl groups excluding tert-OH is 1. The highest BCUT2D eigenvalue weighted by atomic mass is 19.1. The van der Waals surface area contributed by atoms with Gasteiger partial charge in [0.05, 0.1) is 30.6 Å². The number of fused-ring (bicyclic) bond motifs is 1. The molecule has 4 heterocycles. The second-order valence-corrected chi connectivity index (χ2v) is 13.0. The quantitative estimate of drug-likeness (QED) is 0.396. The number of ether oxygens (including phenoxy) is 2. The van der Waals surface area contributed by atoms with Crippen LogP contribution < -0.4 is 9.64 Å². The number of halogens is 1. The lowest BCUT2D eigenvalue weighted by Gasteiger charge is -2.39. The highest BCUT2D eigenvalue weighted by molar-refractivity contribution is 6.12. The number of nitrogens with zero attached hydrogens (tertiary/aromatic N) is 4. The SMILES string of the molecule is COc1cc2c3c(c1)[C@]1(O[C@@H](CCn4cc([C@H](O)c5ccccc5)nn4)[C@H](C(C)(C)F)[C@H]1C)C(=O)N3C(C)(C)C=C2C. The van der Waals surface area contributed by atoms with Crippen LogP contribution in [0.2, 0.25) is 0 Å². The molecule has 3 aromatic rings. The number of rotatable bonds is 7. The predicted octanol–water partition coefficient (Wildman–Crippen LogP) is 5.60. The summed E-state index contributed by atoms with van der Waals surface area (Å²) >= 11 is 0. The summed E-state index contributed by atoms with van der Waals surface area (Å²) in [6.45, 7) is 11.5. The van der Waals surface area contributed by atoms with Gasteiger partial charge in [0.1, 0.15) is 23.2 Å². The summed E-state index contributed by atoms with van der Waals surface area (Å²) in [6, 6.07) is 13.1. The number of aryl methyl sites for hydroxylation is 1. The van der Waals surface area contributed by atoms with Gasteiger partial charge in [0.25, 0.3) is 5.91 Å². The monoisotopic (exact) mass is 574 g/mol. The number of carbonyl (C=O) groups excluding carboxylic acids is 1. The third-order valence-electron chi connectivity index (χ3n) is 9.34. The number of benzene rings is 2. The molecular weight excluding hydrogens is 535 g/mol. The van der Waals surface area contributed by atoms with E-state index in [1.54, 1.807) is 31.8 Å². The summed E-state index contributed by atoms with van der Waals surface area (Å²) in [5, 5.41) is 19.2. The Balaban J connectivity index is 1.35. The topological polar surface area (TPSA) is 89.7 Å². The summed E-state index contributed by atoms with van der Waals surface area (Å²) in [5.41, 5.74) is 1.14. The Morgan fingerprint density at radius 2 is 1.93 bits per heavy atom. The first kappa shape index (κ1) is 28.6. The van der Waals surface area contributed by atoms with Crippen molar-refractivity contribution >= 4 is 17.2 Å². The lowest BCUT2D eigenvalue weighted by atomic mass is 9.71. The molecule has 222 valence electrons. The Morgan fingerprint density at radius 3 is 2.60 bits per heavy atom. The maximum Gasteiger partial charge on any atom is 0.265 e. The van der Waals surface area contributed by atoms with Crippen molar-refractivity contribution in [2.75, 3.05) is 12.0 Å². The first-order valence-electron chi connectivity index (χ1n) is 14.6. The molecular formula is C33H39FN4O4. The van der Waals surface area contributed by atoms with E-state index in [-0.39, 0.29) is 5.91 Å². The van der Waals surface area contributed by atoms with Gasteiger partial charge in [0.2, 0.25) is 0 Å². The molecule has 42 heavy (non-hydrogen) atoms. The number of aromatic nitrogens is 3. The van der Waals surface area contributed by atoms with E-state index in [0.717, 1.165) is 28.0 Å². The van der Waals surface area contributed by atoms with Gasteiger partial charge in [0.15, 0.2) is 5.60 Å². The fourth-order valence-corrected chi connectivity index (χ4v) is 7.59. The average molecular weight is 575 g/mol. The molecule has 0 unspecified atom stereocenters. The van der Waals surface area contributed by atoms with Crippen molar-refractivity contribution in [3.05, 3.63) is 77.1 Å². The maximum absolute atomic E-state index is 16.1. The Morgan fingerprint density at radius 1 is 1.21 bits per heavy atom. The standard InChI is InChI=1S/C33H39FN4O4/c1-19-17-31(3,4)38-28-23(19)15-22(41-7)16-24(28)33(30(38)40)20(2)27(32(5,6)34)26(42-33)13-14-37-18-25(35-36-37)29(39)21-11-9-8-10-12-21/h8-12,15-18,20,26-27,29,39H,13-14H2,1-7H3/t20-,26+,27-,29-,33+/m1/s1. The minimum absolute atomic E-state index is 0.168. The third-order valence-corrected chi connectivity index (χ3v) is 9.34. The molecule has 3 aliphatic rings. The Bertz CT molecular complexity index is 1560. The van der Waals surface area contributed by atoms with Gasteiger partial charge in [0, 0.05) is 29.5 Å². The smallest absolute Gasteiger partial charge is 0.265 e. The minimum atomic E-state index is -1.62. The van der Waals surface area contributed by atoms with Crippen molar-refractivity contribution in [2.45, 2.75) is 83.5 Å². The van der Waals surface area contributed by atoms with Gasteiger partial charge < -0.3 is 14.6 Å². The molecule has 2 aromatic carbocycles. The molecule has 1 aromatic heterocycles. The second kappa shape index (κ2) is 9.74.